The molecule has 0 radical (unpaired) electrons. The number of ketones is 1. The maximum Gasteiger partial charge on any atom is 0.243 e. The molecule has 4 nitrogen and oxygen atoms in total. The zero-order chi connectivity index (χ0) is 15.6. The van der Waals surface area contributed by atoms with Crippen molar-refractivity contribution < 1.29 is 13.2 Å². The smallest absolute Gasteiger partial charge is 0.243 e. The van der Waals surface area contributed by atoms with Crippen LogP contribution in [0.15, 0.2) is 29.2 Å². The zero-order valence-electron chi connectivity index (χ0n) is 12.6. The van der Waals surface area contributed by atoms with Crippen molar-refractivity contribution in [1.82, 2.24) is 4.31 Å². The molecule has 1 aromatic rings. The molecule has 0 aliphatic carbocycles. The van der Waals surface area contributed by atoms with Crippen LogP contribution in [0.25, 0.3) is 0 Å². The van der Waals surface area contributed by atoms with E-state index in [4.69, 9.17) is 0 Å². The van der Waals surface area contributed by atoms with Gasteiger partial charge in [-0.3, -0.25) is 4.79 Å². The van der Waals surface area contributed by atoms with E-state index in [1.807, 2.05) is 25.6 Å². The van der Waals surface area contributed by atoms with Crippen molar-refractivity contribution in [2.75, 3.05) is 13.1 Å². The molecule has 1 saturated heterocycles. The van der Waals surface area contributed by atoms with Crippen molar-refractivity contribution >= 4 is 27.6 Å². The number of nitrogens with zero attached hydrogens (tertiary/aromatic N) is 1. The molecule has 0 amide bonds. The standard InChI is InChI=1S/C15H21NO3S2/c1-4-15(17)13-6-5-7-14(8-13)21(18,19)16-9-11(2)20-12(3)10-16/h5-8,11-12H,4,9-10H2,1-3H3. The van der Waals surface area contributed by atoms with E-state index in [9.17, 15) is 13.2 Å². The second-order valence-corrected chi connectivity index (χ2v) is 9.20. The van der Waals surface area contributed by atoms with Gasteiger partial charge in [0.1, 0.15) is 0 Å². The Balaban J connectivity index is 2.33. The molecule has 1 aliphatic rings. The molecule has 21 heavy (non-hydrogen) atoms. The quantitative estimate of drug-likeness (QED) is 0.798. The fraction of sp³-hybridized carbons (Fsp3) is 0.533. The second-order valence-electron chi connectivity index (χ2n) is 5.38. The Morgan fingerprint density at radius 3 is 2.48 bits per heavy atom. The lowest BCUT2D eigenvalue weighted by atomic mass is 10.1. The third-order valence-corrected chi connectivity index (χ3v) is 6.56. The van der Waals surface area contributed by atoms with E-state index < -0.39 is 10.0 Å². The molecule has 1 fully saturated rings. The van der Waals surface area contributed by atoms with Gasteiger partial charge in [-0.1, -0.05) is 32.9 Å². The lowest BCUT2D eigenvalue weighted by molar-refractivity contribution is 0.0988. The highest BCUT2D eigenvalue weighted by Gasteiger charge is 2.32. The van der Waals surface area contributed by atoms with Crippen molar-refractivity contribution in [3.63, 3.8) is 0 Å². The van der Waals surface area contributed by atoms with Gasteiger partial charge in [0.05, 0.1) is 4.90 Å². The monoisotopic (exact) mass is 327 g/mol. The Labute approximate surface area is 131 Å². The molecule has 116 valence electrons. The van der Waals surface area contributed by atoms with E-state index in [1.165, 1.54) is 10.4 Å². The first-order valence-electron chi connectivity index (χ1n) is 7.13. The number of hydrogen-bond donors (Lipinski definition) is 0. The fourth-order valence-corrected chi connectivity index (χ4v) is 5.69. The maximum absolute atomic E-state index is 12.7. The summed E-state index contributed by atoms with van der Waals surface area (Å²) >= 11 is 1.81. The molecule has 0 aromatic heterocycles. The van der Waals surface area contributed by atoms with Crippen LogP contribution in [0.1, 0.15) is 37.6 Å². The Hall–Kier alpha value is -0.850. The molecule has 2 atom stereocenters. The number of carbonyl (C=O) groups excluding carboxylic acids is 1. The van der Waals surface area contributed by atoms with Crippen molar-refractivity contribution in [3.8, 4) is 0 Å². The van der Waals surface area contributed by atoms with Gasteiger partial charge in [0.25, 0.3) is 0 Å². The van der Waals surface area contributed by atoms with E-state index >= 15 is 0 Å². The average molecular weight is 327 g/mol. The predicted octanol–water partition coefficient (Wildman–Crippen LogP) is 2.79. The van der Waals surface area contributed by atoms with Crippen LogP contribution in [0, 0.1) is 0 Å². The second kappa shape index (κ2) is 6.50. The summed E-state index contributed by atoms with van der Waals surface area (Å²) in [5.41, 5.74) is 0.464. The molecular weight excluding hydrogens is 306 g/mol. The van der Waals surface area contributed by atoms with Gasteiger partial charge in [-0.15, -0.1) is 0 Å². The van der Waals surface area contributed by atoms with Gasteiger partial charge < -0.3 is 0 Å². The minimum atomic E-state index is -3.52. The Bertz CT molecular complexity index is 618. The van der Waals surface area contributed by atoms with Crippen LogP contribution in [0.3, 0.4) is 0 Å². The van der Waals surface area contributed by atoms with Crippen LogP contribution < -0.4 is 0 Å². The highest BCUT2D eigenvalue weighted by molar-refractivity contribution is 8.00. The summed E-state index contributed by atoms with van der Waals surface area (Å²) in [7, 11) is -3.52. The molecule has 2 unspecified atom stereocenters. The van der Waals surface area contributed by atoms with Crippen LogP contribution in [0.5, 0.6) is 0 Å². The van der Waals surface area contributed by atoms with Gasteiger partial charge in [0, 0.05) is 35.6 Å². The van der Waals surface area contributed by atoms with E-state index in [2.05, 4.69) is 0 Å². The van der Waals surface area contributed by atoms with Crippen molar-refractivity contribution in [2.24, 2.45) is 0 Å². The van der Waals surface area contributed by atoms with Gasteiger partial charge >= 0.3 is 0 Å². The van der Waals surface area contributed by atoms with E-state index in [0.717, 1.165) is 0 Å². The van der Waals surface area contributed by atoms with Gasteiger partial charge in [0.15, 0.2) is 5.78 Å². The lowest BCUT2D eigenvalue weighted by Gasteiger charge is -2.33. The molecule has 1 aromatic carbocycles. The number of thioether (sulfide) groups is 1. The molecule has 0 N–H and O–H groups in total. The number of sulfonamides is 1. The zero-order valence-corrected chi connectivity index (χ0v) is 14.2. The Morgan fingerprint density at radius 2 is 1.90 bits per heavy atom. The molecule has 2 rings (SSSR count). The Morgan fingerprint density at radius 1 is 1.29 bits per heavy atom. The summed E-state index contributed by atoms with van der Waals surface area (Å²) in [6, 6.07) is 6.38. The minimum Gasteiger partial charge on any atom is -0.294 e. The highest BCUT2D eigenvalue weighted by atomic mass is 32.2. The summed E-state index contributed by atoms with van der Waals surface area (Å²) in [4.78, 5) is 12.0. The van der Waals surface area contributed by atoms with Crippen LogP contribution in [0.2, 0.25) is 0 Å². The van der Waals surface area contributed by atoms with Crippen LogP contribution in [-0.4, -0.2) is 42.1 Å². The predicted molar refractivity (Wildman–Crippen MR) is 86.3 cm³/mol. The van der Waals surface area contributed by atoms with Crippen LogP contribution >= 0.6 is 11.8 Å². The van der Waals surface area contributed by atoms with Crippen molar-refractivity contribution in [2.45, 2.75) is 42.6 Å². The summed E-state index contributed by atoms with van der Waals surface area (Å²) < 4.78 is 27.0. The fourth-order valence-electron chi connectivity index (χ4n) is 2.51. The summed E-state index contributed by atoms with van der Waals surface area (Å²) in [5.74, 6) is -0.0389. The summed E-state index contributed by atoms with van der Waals surface area (Å²) in [6.45, 7) is 6.89. The largest absolute Gasteiger partial charge is 0.294 e. The summed E-state index contributed by atoms with van der Waals surface area (Å²) in [5, 5.41) is 0.563. The van der Waals surface area contributed by atoms with Gasteiger partial charge in [-0.05, 0) is 12.1 Å². The molecule has 6 heteroatoms. The SMILES string of the molecule is CCC(=O)c1cccc(S(=O)(=O)N2CC(C)SC(C)C2)c1. The molecule has 0 bridgehead atoms. The number of Topliss-reactive ketones (excluding diaryl/α,β-unsaturated/α-hetero) is 1. The first-order chi connectivity index (χ1) is 9.84. The van der Waals surface area contributed by atoms with Crippen molar-refractivity contribution in [3.05, 3.63) is 29.8 Å². The average Bonchev–Trinajstić information content (AvgIpc) is 2.45. The van der Waals surface area contributed by atoms with Crippen molar-refractivity contribution in [1.29, 1.82) is 0 Å². The normalized spacial score (nSPS) is 24.0. The van der Waals surface area contributed by atoms with E-state index in [0.29, 0.717) is 25.1 Å². The Kier molecular flexibility index (Phi) is 5.11. The number of carbonyl (C=O) groups is 1. The van der Waals surface area contributed by atoms with Gasteiger partial charge in [-0.25, -0.2) is 8.42 Å². The highest BCUT2D eigenvalue weighted by Crippen LogP contribution is 2.29. The topological polar surface area (TPSA) is 54.5 Å². The molecule has 1 heterocycles. The lowest BCUT2D eigenvalue weighted by Crippen LogP contribution is -2.43. The van der Waals surface area contributed by atoms with E-state index in [-0.39, 0.29) is 21.2 Å². The summed E-state index contributed by atoms with van der Waals surface area (Å²) in [6.07, 6.45) is 0.373. The first kappa shape index (κ1) is 16.5. The maximum atomic E-state index is 12.7. The van der Waals surface area contributed by atoms with Crippen LogP contribution in [-0.2, 0) is 10.0 Å². The van der Waals surface area contributed by atoms with Crippen LogP contribution in [0.4, 0.5) is 0 Å². The molecule has 0 spiro atoms. The number of rotatable bonds is 4. The van der Waals surface area contributed by atoms with Gasteiger partial charge in [0.2, 0.25) is 10.0 Å². The minimum absolute atomic E-state index is 0.0389. The first-order valence-corrected chi connectivity index (χ1v) is 9.51. The molecule has 1 aliphatic heterocycles. The number of benzene rings is 1. The molecule has 0 saturated carbocycles. The third-order valence-electron chi connectivity index (χ3n) is 3.50. The third kappa shape index (κ3) is 3.67. The van der Waals surface area contributed by atoms with Gasteiger partial charge in [-0.2, -0.15) is 16.1 Å². The van der Waals surface area contributed by atoms with E-state index in [1.54, 1.807) is 25.1 Å². The number of hydrogen-bond acceptors (Lipinski definition) is 4. The molecular formula is C15H21NO3S2.